The summed E-state index contributed by atoms with van der Waals surface area (Å²) in [4.78, 5) is 13.6. The molecular weight excluding hydrogens is 228 g/mol. The Morgan fingerprint density at radius 2 is 2.06 bits per heavy atom. The summed E-state index contributed by atoms with van der Waals surface area (Å²) >= 11 is 0. The van der Waals surface area contributed by atoms with Crippen molar-refractivity contribution in [2.75, 3.05) is 30.9 Å². The Morgan fingerprint density at radius 1 is 1.39 bits per heavy atom. The maximum atomic E-state index is 11.3. The van der Waals surface area contributed by atoms with E-state index in [1.54, 1.807) is 0 Å². The Morgan fingerprint density at radius 3 is 2.61 bits per heavy atom. The van der Waals surface area contributed by atoms with E-state index in [0.717, 1.165) is 31.7 Å². The minimum atomic E-state index is 0.00719. The van der Waals surface area contributed by atoms with E-state index in [1.807, 2.05) is 18.2 Å². The number of carbonyl (C=O) groups is 1. The van der Waals surface area contributed by atoms with E-state index in [4.69, 9.17) is 10.5 Å². The lowest BCUT2D eigenvalue weighted by Gasteiger charge is -2.33. The predicted octanol–water partition coefficient (Wildman–Crippen LogP) is 2.09. The second-order valence-corrected chi connectivity index (χ2v) is 4.78. The first-order chi connectivity index (χ1) is 8.59. The molecule has 0 bridgehead atoms. The van der Waals surface area contributed by atoms with Gasteiger partial charge in [0, 0.05) is 43.2 Å². The Bertz CT molecular complexity index is 439. The van der Waals surface area contributed by atoms with Crippen molar-refractivity contribution in [2.24, 2.45) is 0 Å². The molecule has 0 aliphatic carbocycles. The molecule has 98 valence electrons. The Hall–Kier alpha value is -1.55. The number of Topliss-reactive ketones (excluding diaryl/α,β-unsaturated/α-hetero) is 1. The van der Waals surface area contributed by atoms with Crippen LogP contribution in [0, 0.1) is 0 Å². The third-order valence-electron chi connectivity index (χ3n) is 3.56. The van der Waals surface area contributed by atoms with Crippen LogP contribution in [0.3, 0.4) is 0 Å². The maximum absolute atomic E-state index is 11.3. The smallest absolute Gasteiger partial charge is 0.161 e. The summed E-state index contributed by atoms with van der Waals surface area (Å²) < 4.78 is 5.36. The van der Waals surface area contributed by atoms with Crippen LogP contribution in [0.25, 0.3) is 0 Å². The molecule has 4 heteroatoms. The first-order valence-corrected chi connectivity index (χ1v) is 6.30. The van der Waals surface area contributed by atoms with Gasteiger partial charge in [-0.1, -0.05) is 0 Å². The van der Waals surface area contributed by atoms with Crippen molar-refractivity contribution in [1.82, 2.24) is 0 Å². The number of rotatable bonds is 3. The largest absolute Gasteiger partial charge is 0.398 e. The van der Waals surface area contributed by atoms with Crippen molar-refractivity contribution < 1.29 is 9.53 Å². The van der Waals surface area contributed by atoms with Gasteiger partial charge in [-0.3, -0.25) is 4.79 Å². The van der Waals surface area contributed by atoms with E-state index in [9.17, 15) is 4.79 Å². The molecule has 2 rings (SSSR count). The predicted molar refractivity (Wildman–Crippen MR) is 73.1 cm³/mol. The number of hydrogen-bond acceptors (Lipinski definition) is 4. The van der Waals surface area contributed by atoms with Gasteiger partial charge in [0.1, 0.15) is 0 Å². The molecule has 1 aliphatic heterocycles. The van der Waals surface area contributed by atoms with Crippen molar-refractivity contribution in [3.05, 3.63) is 23.8 Å². The number of hydrogen-bond donors (Lipinski definition) is 1. The SMILES string of the molecule is CC(=O)c1ccc(N(C)C2CCOCC2)cc1N. The quantitative estimate of drug-likeness (QED) is 0.657. The van der Waals surface area contributed by atoms with Gasteiger partial charge in [-0.25, -0.2) is 0 Å². The average molecular weight is 248 g/mol. The van der Waals surface area contributed by atoms with Gasteiger partial charge in [0.05, 0.1) is 0 Å². The van der Waals surface area contributed by atoms with Crippen LogP contribution in [-0.2, 0) is 4.74 Å². The molecule has 1 saturated heterocycles. The number of carbonyl (C=O) groups excluding carboxylic acids is 1. The molecule has 1 aromatic carbocycles. The number of nitrogens with zero attached hydrogens (tertiary/aromatic N) is 1. The highest BCUT2D eigenvalue weighted by molar-refractivity contribution is 5.99. The standard InChI is InChI=1S/C14H20N2O2/c1-10(17)13-4-3-12(9-14(13)15)16(2)11-5-7-18-8-6-11/h3-4,9,11H,5-8,15H2,1-2H3. The lowest BCUT2D eigenvalue weighted by atomic mass is 10.0. The zero-order valence-corrected chi connectivity index (χ0v) is 11.0. The second kappa shape index (κ2) is 5.40. The van der Waals surface area contributed by atoms with E-state index < -0.39 is 0 Å². The highest BCUT2D eigenvalue weighted by Gasteiger charge is 2.19. The van der Waals surface area contributed by atoms with Crippen LogP contribution in [0.1, 0.15) is 30.1 Å². The Labute approximate surface area is 108 Å². The maximum Gasteiger partial charge on any atom is 0.161 e. The van der Waals surface area contributed by atoms with Crippen LogP contribution in [0.4, 0.5) is 11.4 Å². The molecule has 0 amide bonds. The summed E-state index contributed by atoms with van der Waals surface area (Å²) in [5, 5.41) is 0. The third-order valence-corrected chi connectivity index (χ3v) is 3.56. The molecule has 0 spiro atoms. The first-order valence-electron chi connectivity index (χ1n) is 6.30. The van der Waals surface area contributed by atoms with Crippen molar-refractivity contribution in [3.63, 3.8) is 0 Å². The molecule has 0 aromatic heterocycles. The van der Waals surface area contributed by atoms with Gasteiger partial charge < -0.3 is 15.4 Å². The number of nitrogen functional groups attached to an aromatic ring is 1. The summed E-state index contributed by atoms with van der Waals surface area (Å²) in [5.74, 6) is 0.00719. The van der Waals surface area contributed by atoms with Gasteiger partial charge in [-0.2, -0.15) is 0 Å². The molecule has 4 nitrogen and oxygen atoms in total. The summed E-state index contributed by atoms with van der Waals surface area (Å²) in [6, 6.07) is 6.14. The van der Waals surface area contributed by atoms with Gasteiger partial charge in [0.25, 0.3) is 0 Å². The minimum absolute atomic E-state index is 0.00719. The molecule has 0 unspecified atom stereocenters. The number of ether oxygens (including phenoxy) is 1. The molecule has 1 fully saturated rings. The van der Waals surface area contributed by atoms with Crippen molar-refractivity contribution in [3.8, 4) is 0 Å². The number of benzene rings is 1. The lowest BCUT2D eigenvalue weighted by Crippen LogP contribution is -2.36. The van der Waals surface area contributed by atoms with Crippen LogP contribution in [-0.4, -0.2) is 32.1 Å². The topological polar surface area (TPSA) is 55.6 Å². The Balaban J connectivity index is 2.17. The summed E-state index contributed by atoms with van der Waals surface area (Å²) in [5.41, 5.74) is 8.13. The molecule has 2 N–H and O–H groups in total. The lowest BCUT2D eigenvalue weighted by molar-refractivity contribution is 0.0855. The monoisotopic (exact) mass is 248 g/mol. The molecule has 0 atom stereocenters. The molecule has 1 heterocycles. The highest BCUT2D eigenvalue weighted by Crippen LogP contribution is 2.25. The average Bonchev–Trinajstić information content (AvgIpc) is 2.38. The zero-order valence-electron chi connectivity index (χ0n) is 11.0. The number of nitrogens with two attached hydrogens (primary N) is 1. The van der Waals surface area contributed by atoms with E-state index in [2.05, 4.69) is 11.9 Å². The zero-order chi connectivity index (χ0) is 13.1. The van der Waals surface area contributed by atoms with Crippen LogP contribution in [0.5, 0.6) is 0 Å². The molecule has 0 radical (unpaired) electrons. The first kappa shape index (κ1) is 12.9. The molecule has 1 aliphatic rings. The van der Waals surface area contributed by atoms with Gasteiger partial charge in [-0.05, 0) is 38.0 Å². The van der Waals surface area contributed by atoms with Crippen LogP contribution in [0.15, 0.2) is 18.2 Å². The van der Waals surface area contributed by atoms with Gasteiger partial charge in [0.15, 0.2) is 5.78 Å². The fraction of sp³-hybridized carbons (Fsp3) is 0.500. The van der Waals surface area contributed by atoms with E-state index in [-0.39, 0.29) is 5.78 Å². The molecule has 0 saturated carbocycles. The van der Waals surface area contributed by atoms with E-state index in [1.165, 1.54) is 6.92 Å². The molecule has 1 aromatic rings. The molecular formula is C14H20N2O2. The third kappa shape index (κ3) is 2.64. The number of ketones is 1. The Kier molecular flexibility index (Phi) is 3.87. The van der Waals surface area contributed by atoms with Crippen LogP contribution >= 0.6 is 0 Å². The van der Waals surface area contributed by atoms with Crippen LogP contribution in [0.2, 0.25) is 0 Å². The second-order valence-electron chi connectivity index (χ2n) is 4.78. The van der Waals surface area contributed by atoms with Crippen LogP contribution < -0.4 is 10.6 Å². The van der Waals surface area contributed by atoms with Gasteiger partial charge in [-0.15, -0.1) is 0 Å². The summed E-state index contributed by atoms with van der Waals surface area (Å²) in [6.07, 6.45) is 2.07. The number of anilines is 2. The van der Waals surface area contributed by atoms with Crippen molar-refractivity contribution in [1.29, 1.82) is 0 Å². The van der Waals surface area contributed by atoms with Crippen molar-refractivity contribution >= 4 is 17.2 Å². The van der Waals surface area contributed by atoms with E-state index in [0.29, 0.717) is 17.3 Å². The fourth-order valence-corrected chi connectivity index (χ4v) is 2.37. The minimum Gasteiger partial charge on any atom is -0.398 e. The van der Waals surface area contributed by atoms with Gasteiger partial charge >= 0.3 is 0 Å². The highest BCUT2D eigenvalue weighted by atomic mass is 16.5. The summed E-state index contributed by atoms with van der Waals surface area (Å²) in [6.45, 7) is 3.17. The summed E-state index contributed by atoms with van der Waals surface area (Å²) in [7, 11) is 2.07. The molecule has 18 heavy (non-hydrogen) atoms. The normalized spacial score (nSPS) is 16.6. The fourth-order valence-electron chi connectivity index (χ4n) is 2.37. The van der Waals surface area contributed by atoms with Gasteiger partial charge in [0.2, 0.25) is 0 Å². The van der Waals surface area contributed by atoms with E-state index >= 15 is 0 Å². The van der Waals surface area contributed by atoms with Crippen molar-refractivity contribution in [2.45, 2.75) is 25.8 Å².